The fourth-order valence-electron chi connectivity index (χ4n) is 5.33. The Labute approximate surface area is 239 Å². The highest BCUT2D eigenvalue weighted by Crippen LogP contribution is 2.17. The molecule has 0 heterocycles. The average molecular weight is 536 g/mol. The van der Waals surface area contributed by atoms with Gasteiger partial charge < -0.3 is 10.2 Å². The van der Waals surface area contributed by atoms with Crippen LogP contribution in [0.2, 0.25) is 0 Å². The molecule has 0 spiro atoms. The van der Waals surface area contributed by atoms with Crippen molar-refractivity contribution in [3.8, 4) is 0 Å². The molecule has 0 rings (SSSR count). The van der Waals surface area contributed by atoms with E-state index < -0.39 is 0 Å². The van der Waals surface area contributed by atoms with Gasteiger partial charge in [0.15, 0.2) is 0 Å². The van der Waals surface area contributed by atoms with Crippen LogP contribution in [0.4, 0.5) is 0 Å². The monoisotopic (exact) mass is 536 g/mol. The van der Waals surface area contributed by atoms with E-state index in [0.717, 1.165) is 71.0 Å². The Kier molecular flexibility index (Phi) is 27.4. The summed E-state index contributed by atoms with van der Waals surface area (Å²) in [4.78, 5) is 2.49. The summed E-state index contributed by atoms with van der Waals surface area (Å²) >= 11 is 0. The summed E-state index contributed by atoms with van der Waals surface area (Å²) in [5.74, 6) is 0. The molecular formula is C35H69NO2. The first-order valence-electron chi connectivity index (χ1n) is 16.8. The third-order valence-corrected chi connectivity index (χ3v) is 7.88. The lowest BCUT2D eigenvalue weighted by Crippen LogP contribution is -2.26. The molecule has 3 nitrogen and oxygen atoms in total. The van der Waals surface area contributed by atoms with Crippen molar-refractivity contribution >= 4 is 0 Å². The van der Waals surface area contributed by atoms with Gasteiger partial charge in [0.2, 0.25) is 0 Å². The molecule has 0 radical (unpaired) electrons. The molecule has 0 aromatic carbocycles. The van der Waals surface area contributed by atoms with Crippen molar-refractivity contribution in [2.45, 2.75) is 181 Å². The molecule has 0 saturated heterocycles. The molecule has 0 aromatic heterocycles. The summed E-state index contributed by atoms with van der Waals surface area (Å²) in [6, 6.07) is 0. The lowest BCUT2D eigenvalue weighted by molar-refractivity contribution is 0.159. The van der Waals surface area contributed by atoms with Gasteiger partial charge in [-0.2, -0.15) is 0 Å². The Morgan fingerprint density at radius 1 is 0.632 bits per heavy atom. The van der Waals surface area contributed by atoms with Gasteiger partial charge in [-0.05, 0) is 52.0 Å². The maximum atomic E-state index is 10.5. The van der Waals surface area contributed by atoms with E-state index in [1.165, 1.54) is 101 Å². The second-order valence-electron chi connectivity index (χ2n) is 12.1. The molecule has 2 N–H and O–H groups in total. The third kappa shape index (κ3) is 25.6. The average Bonchev–Trinajstić information content (AvgIpc) is 2.88. The van der Waals surface area contributed by atoms with Gasteiger partial charge in [-0.25, -0.2) is 0 Å². The van der Waals surface area contributed by atoms with Gasteiger partial charge >= 0.3 is 0 Å². The van der Waals surface area contributed by atoms with Gasteiger partial charge in [-0.3, -0.25) is 4.90 Å². The second-order valence-corrected chi connectivity index (χ2v) is 12.1. The fraction of sp³-hybridized carbons (Fsp3) is 0.886. The van der Waals surface area contributed by atoms with Gasteiger partial charge in [-0.15, -0.1) is 0 Å². The Morgan fingerprint density at radius 2 is 1.08 bits per heavy atom. The van der Waals surface area contributed by atoms with Crippen molar-refractivity contribution in [2.24, 2.45) is 0 Å². The van der Waals surface area contributed by atoms with Gasteiger partial charge in [0.05, 0.1) is 12.2 Å². The quantitative estimate of drug-likeness (QED) is 0.0739. The van der Waals surface area contributed by atoms with Crippen molar-refractivity contribution < 1.29 is 10.2 Å². The van der Waals surface area contributed by atoms with E-state index in [0.29, 0.717) is 0 Å². The predicted molar refractivity (Wildman–Crippen MR) is 170 cm³/mol. The molecule has 2 unspecified atom stereocenters. The standard InChI is InChI=1S/C35H69NO2/c1-6-9-11-13-15-17-19-21-23-34(37)30-32(4)25-28-36(27-8-3)29-26-33(5)31-35(38)24-22-20-18-16-14-12-10-7-2/h26,34-35,37-38H,4,6-25,27-31H2,1-3,5H3/b33-26-. The highest BCUT2D eigenvalue weighted by atomic mass is 16.3. The molecular weight excluding hydrogens is 466 g/mol. The molecule has 0 aliphatic rings. The molecule has 0 aromatic rings. The highest BCUT2D eigenvalue weighted by molar-refractivity contribution is 5.02. The molecule has 0 aliphatic heterocycles. The largest absolute Gasteiger partial charge is 0.393 e. The summed E-state index contributed by atoms with van der Waals surface area (Å²) in [6.07, 6.45) is 28.4. The van der Waals surface area contributed by atoms with Crippen LogP contribution in [0, 0.1) is 0 Å². The molecule has 0 aliphatic carbocycles. The van der Waals surface area contributed by atoms with Crippen molar-refractivity contribution in [1.82, 2.24) is 4.90 Å². The van der Waals surface area contributed by atoms with E-state index in [-0.39, 0.29) is 12.2 Å². The van der Waals surface area contributed by atoms with E-state index in [1.54, 1.807) is 0 Å². The van der Waals surface area contributed by atoms with Crippen LogP contribution in [0.3, 0.4) is 0 Å². The summed E-state index contributed by atoms with van der Waals surface area (Å²) in [6.45, 7) is 16.2. The Balaban J connectivity index is 4.04. The van der Waals surface area contributed by atoms with Gasteiger partial charge in [-0.1, -0.05) is 147 Å². The van der Waals surface area contributed by atoms with Gasteiger partial charge in [0, 0.05) is 13.1 Å². The number of nitrogens with zero attached hydrogens (tertiary/aromatic N) is 1. The predicted octanol–water partition coefficient (Wildman–Crippen LogP) is 10.2. The molecule has 226 valence electrons. The highest BCUT2D eigenvalue weighted by Gasteiger charge is 2.10. The molecule has 38 heavy (non-hydrogen) atoms. The van der Waals surface area contributed by atoms with Crippen LogP contribution >= 0.6 is 0 Å². The van der Waals surface area contributed by atoms with Crippen LogP contribution in [0.1, 0.15) is 169 Å². The summed E-state index contributed by atoms with van der Waals surface area (Å²) in [5.41, 5.74) is 2.48. The van der Waals surface area contributed by atoms with Crippen LogP contribution in [-0.4, -0.2) is 47.0 Å². The topological polar surface area (TPSA) is 43.7 Å². The number of aliphatic hydroxyl groups excluding tert-OH is 2. The van der Waals surface area contributed by atoms with Crippen LogP contribution in [-0.2, 0) is 0 Å². The maximum absolute atomic E-state index is 10.5. The third-order valence-electron chi connectivity index (χ3n) is 7.88. The number of aliphatic hydroxyl groups is 2. The van der Waals surface area contributed by atoms with E-state index in [1.807, 2.05) is 0 Å². The van der Waals surface area contributed by atoms with Crippen LogP contribution in [0.15, 0.2) is 23.8 Å². The Hall–Kier alpha value is -0.640. The number of rotatable bonds is 29. The van der Waals surface area contributed by atoms with Crippen LogP contribution in [0.25, 0.3) is 0 Å². The number of hydrogen-bond donors (Lipinski definition) is 2. The smallest absolute Gasteiger partial charge is 0.0577 e. The fourth-order valence-corrected chi connectivity index (χ4v) is 5.33. The lowest BCUT2D eigenvalue weighted by atomic mass is 10.0. The van der Waals surface area contributed by atoms with Crippen LogP contribution in [0.5, 0.6) is 0 Å². The van der Waals surface area contributed by atoms with Crippen molar-refractivity contribution in [3.05, 3.63) is 23.8 Å². The van der Waals surface area contributed by atoms with Gasteiger partial charge in [0.25, 0.3) is 0 Å². The summed E-state index contributed by atoms with van der Waals surface area (Å²) < 4.78 is 0. The van der Waals surface area contributed by atoms with E-state index in [2.05, 4.69) is 45.2 Å². The minimum atomic E-state index is -0.230. The van der Waals surface area contributed by atoms with Crippen LogP contribution < -0.4 is 0 Å². The number of hydrogen-bond acceptors (Lipinski definition) is 3. The van der Waals surface area contributed by atoms with Crippen molar-refractivity contribution in [3.63, 3.8) is 0 Å². The van der Waals surface area contributed by atoms with Crippen molar-refractivity contribution in [1.29, 1.82) is 0 Å². The molecule has 0 fully saturated rings. The van der Waals surface area contributed by atoms with E-state index >= 15 is 0 Å². The maximum Gasteiger partial charge on any atom is 0.0577 e. The Morgan fingerprint density at radius 3 is 1.55 bits per heavy atom. The molecule has 2 atom stereocenters. The molecule has 0 saturated carbocycles. The normalized spacial score (nSPS) is 13.8. The second kappa shape index (κ2) is 27.9. The summed E-state index contributed by atoms with van der Waals surface area (Å²) in [5, 5.41) is 20.9. The number of unbranched alkanes of at least 4 members (excludes halogenated alkanes) is 14. The van der Waals surface area contributed by atoms with Gasteiger partial charge in [0.1, 0.15) is 0 Å². The van der Waals surface area contributed by atoms with Crippen molar-refractivity contribution in [2.75, 3.05) is 19.6 Å². The Bertz CT molecular complexity index is 544. The minimum absolute atomic E-state index is 0.201. The first-order valence-corrected chi connectivity index (χ1v) is 16.8. The molecule has 0 bridgehead atoms. The SMILES string of the molecule is C=C(CCN(C/C=C(/C)CC(O)CCCCCCCCCC)CCC)CC(O)CCCCCCCCCC. The molecule has 3 heteroatoms. The summed E-state index contributed by atoms with van der Waals surface area (Å²) in [7, 11) is 0. The molecule has 0 amide bonds. The zero-order chi connectivity index (χ0) is 28.3. The first-order chi connectivity index (χ1) is 18.4. The zero-order valence-electron chi connectivity index (χ0n) is 26.5. The van der Waals surface area contributed by atoms with E-state index in [4.69, 9.17) is 0 Å². The minimum Gasteiger partial charge on any atom is -0.393 e. The lowest BCUT2D eigenvalue weighted by Gasteiger charge is -2.22. The van der Waals surface area contributed by atoms with E-state index in [9.17, 15) is 10.2 Å². The zero-order valence-corrected chi connectivity index (χ0v) is 26.5. The first kappa shape index (κ1) is 37.4.